The molecule has 9 heteroatoms. The third-order valence-electron chi connectivity index (χ3n) is 9.52. The molecule has 36 heavy (non-hydrogen) atoms. The van der Waals surface area contributed by atoms with Gasteiger partial charge in [0.05, 0.1) is 12.3 Å². The Bertz CT molecular complexity index is 1200. The molecule has 2 N–H and O–H groups in total. The van der Waals surface area contributed by atoms with Crippen LogP contribution in [0.1, 0.15) is 46.0 Å². The van der Waals surface area contributed by atoms with Crippen LogP contribution in [0, 0.1) is 46.0 Å². The Hall–Kier alpha value is -3.41. The number of primary amides is 1. The molecule has 5 aliphatic rings. The highest BCUT2D eigenvalue weighted by atomic mass is 16.5. The number of rotatable bonds is 6. The fraction of sp³-hybridized carbons (Fsp3) is 0.593. The zero-order valence-corrected chi connectivity index (χ0v) is 20.9. The van der Waals surface area contributed by atoms with Gasteiger partial charge in [0.2, 0.25) is 12.1 Å². The minimum atomic E-state index is -0.324. The van der Waals surface area contributed by atoms with Crippen LogP contribution in [0.25, 0.3) is 5.69 Å². The smallest absolute Gasteiger partial charge is 0.223 e. The Morgan fingerprint density at radius 1 is 1.22 bits per heavy atom. The predicted molar refractivity (Wildman–Crippen MR) is 133 cm³/mol. The van der Waals surface area contributed by atoms with Crippen LogP contribution in [-0.2, 0) is 4.79 Å². The van der Waals surface area contributed by atoms with Gasteiger partial charge in [-0.15, -0.1) is 0 Å². The molecular weight excluding hydrogens is 454 g/mol. The van der Waals surface area contributed by atoms with Crippen LogP contribution in [0.5, 0.6) is 5.75 Å². The summed E-state index contributed by atoms with van der Waals surface area (Å²) in [6.45, 7) is 5.68. The molecule has 2 heterocycles. The van der Waals surface area contributed by atoms with Crippen molar-refractivity contribution >= 4 is 11.7 Å². The number of amides is 1. The summed E-state index contributed by atoms with van der Waals surface area (Å²) in [5, 5.41) is 13.7. The number of aromatic nitrogens is 3. The lowest BCUT2D eigenvalue weighted by molar-refractivity contribution is -0.149. The topological polar surface area (TPSA) is 122 Å². The molecule has 9 nitrogen and oxygen atoms in total. The maximum atomic E-state index is 12.4. The normalized spacial score (nSPS) is 35.2. The first-order valence-electron chi connectivity index (χ1n) is 12.9. The van der Waals surface area contributed by atoms with E-state index in [0.717, 1.165) is 55.9 Å². The molecule has 3 unspecified atom stereocenters. The molecule has 4 bridgehead atoms. The third-order valence-corrected chi connectivity index (χ3v) is 9.52. The van der Waals surface area contributed by atoms with E-state index in [4.69, 9.17) is 10.5 Å². The highest BCUT2D eigenvalue weighted by Crippen LogP contribution is 2.62. The summed E-state index contributed by atoms with van der Waals surface area (Å²) in [4.78, 5) is 23.2. The van der Waals surface area contributed by atoms with Gasteiger partial charge in [-0.25, -0.2) is 9.67 Å². The molecule has 188 valence electrons. The number of carbonyl (C=O) groups is 1. The van der Waals surface area contributed by atoms with Gasteiger partial charge >= 0.3 is 0 Å². The summed E-state index contributed by atoms with van der Waals surface area (Å²) < 4.78 is 7.96. The molecule has 3 atom stereocenters. The first-order valence-corrected chi connectivity index (χ1v) is 12.9. The van der Waals surface area contributed by atoms with Gasteiger partial charge in [0.25, 0.3) is 0 Å². The Kier molecular flexibility index (Phi) is 5.32. The van der Waals surface area contributed by atoms with Gasteiger partial charge < -0.3 is 15.4 Å². The Balaban J connectivity index is 1.20. The molecule has 1 aliphatic heterocycles. The molecule has 5 fully saturated rings. The van der Waals surface area contributed by atoms with Crippen LogP contribution >= 0.6 is 0 Å². The van der Waals surface area contributed by atoms with Crippen molar-refractivity contribution in [2.75, 3.05) is 13.2 Å². The third kappa shape index (κ3) is 3.57. The first-order chi connectivity index (χ1) is 17.3. The Labute approximate surface area is 211 Å². The summed E-state index contributed by atoms with van der Waals surface area (Å²) in [7, 11) is 0. The van der Waals surface area contributed by atoms with E-state index in [-0.39, 0.29) is 22.7 Å². The van der Waals surface area contributed by atoms with E-state index in [1.54, 1.807) is 11.0 Å². The monoisotopic (exact) mass is 487 g/mol. The molecule has 2 aromatic rings. The molecular formula is C27H33N7O2. The largest absolute Gasteiger partial charge is 0.493 e. The summed E-state index contributed by atoms with van der Waals surface area (Å²) in [6, 6.07) is 8.13. The summed E-state index contributed by atoms with van der Waals surface area (Å²) in [5.74, 6) is 3.17. The number of ether oxygens (including phenoxy) is 1. The fourth-order valence-electron chi connectivity index (χ4n) is 7.93. The number of hydrogen-bond acceptors (Lipinski definition) is 6. The van der Waals surface area contributed by atoms with Crippen LogP contribution < -0.4 is 10.5 Å². The van der Waals surface area contributed by atoms with Crippen molar-refractivity contribution in [2.24, 2.45) is 45.2 Å². The van der Waals surface area contributed by atoms with Crippen molar-refractivity contribution in [1.29, 1.82) is 5.26 Å². The van der Waals surface area contributed by atoms with Crippen molar-refractivity contribution in [3.8, 4) is 17.6 Å². The van der Waals surface area contributed by atoms with E-state index in [0.29, 0.717) is 30.4 Å². The fourth-order valence-corrected chi connectivity index (χ4v) is 7.93. The zero-order valence-electron chi connectivity index (χ0n) is 20.9. The van der Waals surface area contributed by atoms with Crippen LogP contribution in [0.2, 0.25) is 0 Å². The number of amidine groups is 1. The molecule has 4 saturated carbocycles. The van der Waals surface area contributed by atoms with Gasteiger partial charge in [-0.1, -0.05) is 13.8 Å². The average molecular weight is 488 g/mol. The second-order valence-electron chi connectivity index (χ2n) is 11.9. The number of benzene rings is 1. The molecule has 7 rings (SSSR count). The van der Waals surface area contributed by atoms with Gasteiger partial charge in [-0.2, -0.15) is 15.4 Å². The minimum absolute atomic E-state index is 0.117. The second kappa shape index (κ2) is 8.32. The van der Waals surface area contributed by atoms with E-state index in [2.05, 4.69) is 40.0 Å². The van der Waals surface area contributed by atoms with Crippen LogP contribution in [0.15, 0.2) is 41.9 Å². The predicted octanol–water partition coefficient (Wildman–Crippen LogP) is 3.16. The second-order valence-corrected chi connectivity index (χ2v) is 11.9. The summed E-state index contributed by atoms with van der Waals surface area (Å²) in [6.07, 6.45) is 10.2. The SMILES string of the molecule is CC1(C)C(=NC#N)N(C2C3CC4CC2CC(C(N)=O)(C4)C3)CC1COc1ccc(-n2cncn2)cc1. The number of likely N-dealkylation sites (tertiary alicyclic amines) is 1. The van der Waals surface area contributed by atoms with Crippen LogP contribution in [-0.4, -0.2) is 50.6 Å². The van der Waals surface area contributed by atoms with Crippen molar-refractivity contribution in [1.82, 2.24) is 19.7 Å². The lowest BCUT2D eigenvalue weighted by atomic mass is 9.47. The highest BCUT2D eigenvalue weighted by molar-refractivity contribution is 5.91. The molecule has 0 spiro atoms. The lowest BCUT2D eigenvalue weighted by Gasteiger charge is -2.60. The maximum Gasteiger partial charge on any atom is 0.223 e. The van der Waals surface area contributed by atoms with E-state index < -0.39 is 0 Å². The molecule has 1 amide bonds. The first kappa shape index (κ1) is 23.0. The molecule has 0 radical (unpaired) electrons. The number of carbonyl (C=O) groups excluding carboxylic acids is 1. The number of nitriles is 1. The van der Waals surface area contributed by atoms with E-state index in [1.807, 2.05) is 24.3 Å². The van der Waals surface area contributed by atoms with Crippen LogP contribution in [0.3, 0.4) is 0 Å². The summed E-state index contributed by atoms with van der Waals surface area (Å²) >= 11 is 0. The number of hydrogen-bond donors (Lipinski definition) is 1. The minimum Gasteiger partial charge on any atom is -0.493 e. The number of nitrogens with zero attached hydrogens (tertiary/aromatic N) is 6. The van der Waals surface area contributed by atoms with Gasteiger partial charge in [-0.3, -0.25) is 4.79 Å². The number of aliphatic imine (C=N–C) groups is 1. The quantitative estimate of drug-likeness (QED) is 0.625. The van der Waals surface area contributed by atoms with Gasteiger partial charge in [0.1, 0.15) is 24.2 Å². The molecule has 1 aromatic heterocycles. The van der Waals surface area contributed by atoms with Crippen LogP contribution in [0.4, 0.5) is 0 Å². The highest BCUT2D eigenvalue weighted by Gasteiger charge is 2.61. The van der Waals surface area contributed by atoms with E-state index in [1.165, 1.54) is 6.33 Å². The molecule has 4 aliphatic carbocycles. The number of nitrogens with two attached hydrogens (primary N) is 1. The van der Waals surface area contributed by atoms with Gasteiger partial charge in [0.15, 0.2) is 0 Å². The van der Waals surface area contributed by atoms with Crippen molar-refractivity contribution in [2.45, 2.75) is 52.0 Å². The van der Waals surface area contributed by atoms with Crippen molar-refractivity contribution in [3.05, 3.63) is 36.9 Å². The lowest BCUT2D eigenvalue weighted by Crippen LogP contribution is -2.62. The average Bonchev–Trinajstić information content (AvgIpc) is 3.46. The Morgan fingerprint density at radius 3 is 2.56 bits per heavy atom. The van der Waals surface area contributed by atoms with Crippen molar-refractivity contribution < 1.29 is 9.53 Å². The van der Waals surface area contributed by atoms with Gasteiger partial charge in [-0.05, 0) is 74.1 Å². The van der Waals surface area contributed by atoms with Gasteiger partial charge in [0, 0.05) is 29.3 Å². The zero-order chi connectivity index (χ0) is 25.1. The Morgan fingerprint density at radius 2 is 1.94 bits per heavy atom. The maximum absolute atomic E-state index is 12.4. The van der Waals surface area contributed by atoms with E-state index >= 15 is 0 Å². The van der Waals surface area contributed by atoms with Crippen molar-refractivity contribution in [3.63, 3.8) is 0 Å². The standard InChI is InChI=1S/C27H33N7O2/c1-26(2)20(13-36-22-5-3-21(4-6-22)34-16-30-15-32-34)12-33(25(26)31-14-28)23-18-7-17-8-19(23)11-27(9-17,10-18)24(29)35/h3-6,15-20,23H,7-13H2,1-2H3,(H2,29,35). The molecule has 1 saturated heterocycles. The molecule has 1 aromatic carbocycles. The summed E-state index contributed by atoms with van der Waals surface area (Å²) in [5.41, 5.74) is 6.22. The van der Waals surface area contributed by atoms with E-state index in [9.17, 15) is 10.1 Å².